The van der Waals surface area contributed by atoms with Crippen LogP contribution in [-0.2, 0) is 0 Å². The molecule has 0 spiro atoms. The third kappa shape index (κ3) is 9.22. The Bertz CT molecular complexity index is 7350. The minimum Gasteiger partial charge on any atom is -0.456 e. The maximum Gasteiger partial charge on any atom is 0.235 e. The van der Waals surface area contributed by atoms with Crippen molar-refractivity contribution in [3.8, 4) is 90.0 Å². The van der Waals surface area contributed by atoms with Crippen LogP contribution in [0, 0.1) is 0 Å². The molecule has 0 aliphatic carbocycles. The molecule has 482 valence electrons. The lowest BCUT2D eigenvalue weighted by Gasteiger charge is -2.14. The van der Waals surface area contributed by atoms with Crippen molar-refractivity contribution >= 4 is 140 Å². The summed E-state index contributed by atoms with van der Waals surface area (Å²) in [5.74, 6) is 1.25. The smallest absolute Gasteiger partial charge is 0.235 e. The van der Waals surface area contributed by atoms with E-state index in [9.17, 15) is 0 Å². The summed E-state index contributed by atoms with van der Waals surface area (Å²) in [5, 5.41) is 15.7. The van der Waals surface area contributed by atoms with Crippen LogP contribution in [-0.4, -0.2) is 29.1 Å². The number of rotatable bonds is 9. The number of nitrogens with zero attached hydrogens (tertiary/aromatic N) is 6. The van der Waals surface area contributed by atoms with Crippen LogP contribution in [0.5, 0.6) is 0 Å². The molecule has 8 heteroatoms. The van der Waals surface area contributed by atoms with Crippen molar-refractivity contribution in [3.63, 3.8) is 0 Å². The second kappa shape index (κ2) is 22.9. The summed E-state index contributed by atoms with van der Waals surface area (Å²) in [6.45, 7) is 0. The first kappa shape index (κ1) is 58.2. The molecule has 7 nitrogen and oxygen atoms in total. The minimum absolute atomic E-state index is 0.621. The summed E-state index contributed by atoms with van der Waals surface area (Å²) in [5.41, 5.74) is 22.7. The van der Waals surface area contributed by atoms with E-state index >= 15 is 0 Å². The van der Waals surface area contributed by atoms with Gasteiger partial charge in [-0.1, -0.05) is 249 Å². The van der Waals surface area contributed by atoms with E-state index in [1.165, 1.54) is 36.9 Å². The number of aromatic nitrogens is 6. The molecule has 104 heavy (non-hydrogen) atoms. The van der Waals surface area contributed by atoms with E-state index in [0.717, 1.165) is 170 Å². The fourth-order valence-electron chi connectivity index (χ4n) is 16.3. The van der Waals surface area contributed by atoms with Crippen molar-refractivity contribution in [2.75, 3.05) is 0 Å². The van der Waals surface area contributed by atoms with Crippen LogP contribution in [0.2, 0.25) is 0 Å². The lowest BCUT2D eigenvalue weighted by molar-refractivity contribution is 0.669. The lowest BCUT2D eigenvalue weighted by atomic mass is 9.96. The predicted molar refractivity (Wildman–Crippen MR) is 435 cm³/mol. The number of fused-ring (bicyclic) bond motifs is 18. The van der Waals surface area contributed by atoms with Crippen molar-refractivity contribution < 1.29 is 4.42 Å². The fraction of sp³-hybridized carbons (Fsp3) is 0. The Labute approximate surface area is 599 Å². The summed E-state index contributed by atoms with van der Waals surface area (Å²) in [4.78, 5) is 22.2. The highest BCUT2D eigenvalue weighted by molar-refractivity contribution is 7.25. The third-order valence-corrected chi connectivity index (χ3v) is 22.5. The molecule has 16 aromatic carbocycles. The SMILES string of the molecule is c1ccc(-c2ccc(-c3nc(-n4c5ccccc5c5ccc(-c6ccc7oc8cc(-c9ccc(-c%10cccc(-c%11nc(-n%12c%13ccccc%13c%13cc(-c%14ccc%15sc%16ccccc%16c%15c%14)ccc%13%12)nc%12c%11ccc%11ccccc%11%12)c%10)cc9)ccc8c7c6)cc54)nc4c3ccc3ccccc34)cc2)cc1. The maximum absolute atomic E-state index is 6.72. The largest absolute Gasteiger partial charge is 0.456 e. The average Bonchev–Trinajstić information content (AvgIpc) is 1.46. The average molecular weight is 1340 g/mol. The van der Waals surface area contributed by atoms with Gasteiger partial charge in [-0.2, -0.15) is 0 Å². The highest BCUT2D eigenvalue weighted by Crippen LogP contribution is 2.44. The van der Waals surface area contributed by atoms with Gasteiger partial charge in [-0.25, -0.2) is 19.9 Å². The number of hydrogen-bond donors (Lipinski definition) is 0. The summed E-state index contributed by atoms with van der Waals surface area (Å²) in [7, 11) is 0. The van der Waals surface area contributed by atoms with Crippen LogP contribution in [0.1, 0.15) is 0 Å². The van der Waals surface area contributed by atoms with Gasteiger partial charge < -0.3 is 4.42 Å². The van der Waals surface area contributed by atoms with Crippen LogP contribution in [0.25, 0.3) is 219 Å². The van der Waals surface area contributed by atoms with Gasteiger partial charge in [-0.05, 0) is 157 Å². The van der Waals surface area contributed by atoms with Crippen molar-refractivity contribution in [2.45, 2.75) is 0 Å². The first-order valence-corrected chi connectivity index (χ1v) is 36.0. The Balaban J connectivity index is 0.596. The zero-order valence-electron chi connectivity index (χ0n) is 55.8. The van der Waals surface area contributed by atoms with E-state index in [1.807, 2.05) is 11.3 Å². The van der Waals surface area contributed by atoms with Crippen LogP contribution in [0.4, 0.5) is 0 Å². The number of furan rings is 1. The Morgan fingerprint density at radius 2 is 0.635 bits per heavy atom. The lowest BCUT2D eigenvalue weighted by Crippen LogP contribution is -2.04. The molecular weight excluding hydrogens is 1290 g/mol. The summed E-state index contributed by atoms with van der Waals surface area (Å²) in [6.07, 6.45) is 0. The topological polar surface area (TPSA) is 74.6 Å². The highest BCUT2D eigenvalue weighted by Gasteiger charge is 2.23. The van der Waals surface area contributed by atoms with Crippen LogP contribution >= 0.6 is 11.3 Å². The highest BCUT2D eigenvalue weighted by atomic mass is 32.1. The molecule has 0 saturated heterocycles. The Kier molecular flexibility index (Phi) is 12.8. The number of thiophene rings is 1. The molecule has 0 aliphatic heterocycles. The summed E-state index contributed by atoms with van der Waals surface area (Å²) in [6, 6.07) is 122. The van der Waals surface area contributed by atoms with Gasteiger partial charge in [0.1, 0.15) is 11.2 Å². The molecule has 0 amide bonds. The second-order valence-electron chi connectivity index (χ2n) is 27.2. The molecule has 6 aromatic heterocycles. The standard InChI is InChI=1S/C96H56N6OS/c1-2-15-57(16-3-1)58-33-35-63(36-34-58)91-78-46-37-61-17-4-6-21-71(61)93(78)100-96(97-91)102-83-26-11-8-23-73(83)75-44-39-68(55-86(75)102)66-42-49-87-81(53-66)76-45-40-69(56-88(76)103-87)60-31-29-59(30-32-60)64-19-14-20-70(51-64)92-79-47-38-62-18-5-7-22-72(62)94(79)99-95(98-92)101-84-27-12-9-24-74(84)80-52-65(41-48-85(80)101)67-43-50-90-82(54-67)77-25-10-13-28-89(77)104-90/h1-56H. The Morgan fingerprint density at radius 1 is 0.212 bits per heavy atom. The first-order valence-electron chi connectivity index (χ1n) is 35.2. The molecule has 0 radical (unpaired) electrons. The third-order valence-electron chi connectivity index (χ3n) is 21.4. The number of hydrogen-bond acceptors (Lipinski definition) is 6. The van der Waals surface area contributed by atoms with Crippen LogP contribution < -0.4 is 0 Å². The zero-order chi connectivity index (χ0) is 68.1. The fourth-order valence-corrected chi connectivity index (χ4v) is 17.4. The van der Waals surface area contributed by atoms with E-state index in [4.69, 9.17) is 24.4 Å². The summed E-state index contributed by atoms with van der Waals surface area (Å²) >= 11 is 1.85. The van der Waals surface area contributed by atoms with Crippen LogP contribution in [0.3, 0.4) is 0 Å². The van der Waals surface area contributed by atoms with Crippen molar-refractivity contribution in [3.05, 3.63) is 340 Å². The molecule has 0 N–H and O–H groups in total. The van der Waals surface area contributed by atoms with E-state index in [0.29, 0.717) is 11.9 Å². The summed E-state index contributed by atoms with van der Waals surface area (Å²) < 4.78 is 13.8. The van der Waals surface area contributed by atoms with E-state index in [1.54, 1.807) is 0 Å². The van der Waals surface area contributed by atoms with Gasteiger partial charge >= 0.3 is 0 Å². The molecule has 0 aliphatic rings. The number of benzene rings is 16. The second-order valence-corrected chi connectivity index (χ2v) is 28.3. The van der Waals surface area contributed by atoms with Crippen molar-refractivity contribution in [2.24, 2.45) is 0 Å². The van der Waals surface area contributed by atoms with Crippen molar-refractivity contribution in [1.29, 1.82) is 0 Å². The van der Waals surface area contributed by atoms with Gasteiger partial charge in [0.2, 0.25) is 11.9 Å². The zero-order valence-corrected chi connectivity index (χ0v) is 56.6. The molecule has 22 rings (SSSR count). The van der Waals surface area contributed by atoms with E-state index in [2.05, 4.69) is 349 Å². The van der Waals surface area contributed by atoms with E-state index < -0.39 is 0 Å². The predicted octanol–water partition coefficient (Wildman–Crippen LogP) is 26.0. The molecule has 0 atom stereocenters. The van der Waals surface area contributed by atoms with Gasteiger partial charge in [-0.15, -0.1) is 11.3 Å². The normalized spacial score (nSPS) is 12.0. The quantitative estimate of drug-likeness (QED) is 0.135. The first-order chi connectivity index (χ1) is 51.5. The van der Waals surface area contributed by atoms with Crippen molar-refractivity contribution in [1.82, 2.24) is 29.1 Å². The number of para-hydroxylation sites is 2. The molecule has 0 fully saturated rings. The Morgan fingerprint density at radius 3 is 1.33 bits per heavy atom. The van der Waals surface area contributed by atoms with Gasteiger partial charge in [-0.3, -0.25) is 9.13 Å². The molecule has 6 heterocycles. The van der Waals surface area contributed by atoms with E-state index in [-0.39, 0.29) is 0 Å². The van der Waals surface area contributed by atoms with Gasteiger partial charge in [0.05, 0.1) is 44.5 Å². The van der Waals surface area contributed by atoms with Crippen LogP contribution in [0.15, 0.2) is 344 Å². The molecular formula is C96H56N6OS. The van der Waals surface area contributed by atoms with Gasteiger partial charge in [0, 0.05) is 85.2 Å². The van der Waals surface area contributed by atoms with Gasteiger partial charge in [0.15, 0.2) is 0 Å². The molecule has 22 aromatic rings. The minimum atomic E-state index is 0.621. The Hall–Kier alpha value is -13.7. The molecule has 0 saturated carbocycles. The molecule has 0 unspecified atom stereocenters. The molecule has 0 bridgehead atoms. The maximum atomic E-state index is 6.72. The van der Waals surface area contributed by atoms with Gasteiger partial charge in [0.25, 0.3) is 0 Å². The monoisotopic (exact) mass is 1340 g/mol.